The fourth-order valence-corrected chi connectivity index (χ4v) is 3.42. The number of methoxy groups -OCH3 is 2. The van der Waals surface area contributed by atoms with Crippen molar-refractivity contribution in [3.8, 4) is 11.5 Å². The number of carbonyl (C=O) groups excluding carboxylic acids is 1. The summed E-state index contributed by atoms with van der Waals surface area (Å²) in [5, 5.41) is 10.2. The van der Waals surface area contributed by atoms with Crippen molar-refractivity contribution in [3.05, 3.63) is 70.9 Å². The van der Waals surface area contributed by atoms with Gasteiger partial charge < -0.3 is 14.8 Å². The second-order valence-corrected chi connectivity index (χ2v) is 6.68. The molecular weight excluding hydrogens is 356 g/mol. The summed E-state index contributed by atoms with van der Waals surface area (Å²) in [6, 6.07) is 15.4. The molecule has 0 bridgehead atoms. The minimum Gasteiger partial charge on any atom is -0.493 e. The van der Waals surface area contributed by atoms with Crippen molar-refractivity contribution in [1.82, 2.24) is 15.1 Å². The van der Waals surface area contributed by atoms with Gasteiger partial charge in [0.1, 0.15) is 0 Å². The quantitative estimate of drug-likeness (QED) is 0.689. The van der Waals surface area contributed by atoms with Crippen LogP contribution in [0.5, 0.6) is 11.5 Å². The monoisotopic (exact) mass is 378 g/mol. The Labute approximate surface area is 163 Å². The lowest BCUT2D eigenvalue weighted by Gasteiger charge is -2.15. The van der Waals surface area contributed by atoms with Gasteiger partial charge in [0.2, 0.25) is 0 Å². The van der Waals surface area contributed by atoms with Crippen LogP contribution in [0.25, 0.3) is 0 Å². The molecule has 0 aliphatic carbocycles. The van der Waals surface area contributed by atoms with Gasteiger partial charge in [-0.1, -0.05) is 30.3 Å². The van der Waals surface area contributed by atoms with Crippen LogP contribution in [0.2, 0.25) is 0 Å². The van der Waals surface area contributed by atoms with Gasteiger partial charge in [0, 0.05) is 30.8 Å². The van der Waals surface area contributed by atoms with Gasteiger partial charge in [-0.3, -0.25) is 14.8 Å². The summed E-state index contributed by atoms with van der Waals surface area (Å²) in [6.07, 6.45) is 0. The van der Waals surface area contributed by atoms with E-state index in [4.69, 9.17) is 9.47 Å². The molecule has 1 aliphatic heterocycles. The number of nitrogens with one attached hydrogen (secondary N) is 2. The molecule has 1 amide bonds. The van der Waals surface area contributed by atoms with Crippen molar-refractivity contribution in [1.29, 1.82) is 0 Å². The molecular formula is C21H22N4O3. The van der Waals surface area contributed by atoms with Gasteiger partial charge in [0.15, 0.2) is 17.3 Å². The Kier molecular flexibility index (Phi) is 4.99. The zero-order valence-electron chi connectivity index (χ0n) is 15.9. The van der Waals surface area contributed by atoms with E-state index in [9.17, 15) is 4.79 Å². The van der Waals surface area contributed by atoms with E-state index >= 15 is 0 Å². The first kappa shape index (κ1) is 18.1. The number of carbonyl (C=O) groups is 1. The third-order valence-corrected chi connectivity index (χ3v) is 4.84. The number of fused-ring (bicyclic) bond motifs is 1. The van der Waals surface area contributed by atoms with E-state index in [-0.39, 0.29) is 5.91 Å². The second kappa shape index (κ2) is 7.74. The maximum absolute atomic E-state index is 12.7. The average Bonchev–Trinajstić information content (AvgIpc) is 3.29. The highest BCUT2D eigenvalue weighted by Crippen LogP contribution is 2.30. The highest BCUT2D eigenvalue weighted by atomic mass is 16.5. The van der Waals surface area contributed by atoms with Crippen LogP contribution in [0.15, 0.2) is 48.5 Å². The first-order chi connectivity index (χ1) is 13.7. The summed E-state index contributed by atoms with van der Waals surface area (Å²) >= 11 is 0. The molecule has 144 valence electrons. The number of benzene rings is 2. The first-order valence-electron chi connectivity index (χ1n) is 9.03. The summed E-state index contributed by atoms with van der Waals surface area (Å²) in [7, 11) is 3.10. The van der Waals surface area contributed by atoms with Gasteiger partial charge in [-0.25, -0.2) is 0 Å². The summed E-state index contributed by atoms with van der Waals surface area (Å²) in [5.41, 5.74) is 3.81. The molecule has 0 spiro atoms. The van der Waals surface area contributed by atoms with Crippen molar-refractivity contribution in [2.75, 3.05) is 19.5 Å². The van der Waals surface area contributed by atoms with Gasteiger partial charge in [0.25, 0.3) is 5.91 Å². The average molecular weight is 378 g/mol. The molecule has 0 saturated carbocycles. The van der Waals surface area contributed by atoms with Crippen LogP contribution >= 0.6 is 0 Å². The SMILES string of the molecule is COc1ccc(C(=O)Nc2n[nH]c3c2CN(Cc2ccccc2)C3)cc1OC. The number of nitrogens with zero attached hydrogens (tertiary/aromatic N) is 2. The Hall–Kier alpha value is -3.32. The number of hydrogen-bond donors (Lipinski definition) is 2. The standard InChI is InChI=1S/C21H22N4O3/c1-27-18-9-8-15(10-19(18)28-2)21(26)22-20-16-12-25(13-17(16)23-24-20)11-14-6-4-3-5-7-14/h3-10H,11-13H2,1-2H3,(H2,22,23,24,26). The van der Waals surface area contributed by atoms with E-state index in [0.717, 1.165) is 30.9 Å². The molecule has 3 aromatic rings. The van der Waals surface area contributed by atoms with Crippen molar-refractivity contribution >= 4 is 11.7 Å². The second-order valence-electron chi connectivity index (χ2n) is 6.68. The van der Waals surface area contributed by atoms with Crippen molar-refractivity contribution < 1.29 is 14.3 Å². The number of H-pyrrole nitrogens is 1. The van der Waals surface area contributed by atoms with E-state index in [1.165, 1.54) is 5.56 Å². The molecule has 2 aromatic carbocycles. The van der Waals surface area contributed by atoms with Gasteiger partial charge in [-0.2, -0.15) is 5.10 Å². The van der Waals surface area contributed by atoms with Crippen molar-refractivity contribution in [2.45, 2.75) is 19.6 Å². The number of aromatic nitrogens is 2. The Bertz CT molecular complexity index is 985. The zero-order valence-corrected chi connectivity index (χ0v) is 15.9. The number of anilines is 1. The van der Waals surface area contributed by atoms with Crippen LogP contribution < -0.4 is 14.8 Å². The Morgan fingerprint density at radius 3 is 2.64 bits per heavy atom. The number of ether oxygens (including phenoxy) is 2. The molecule has 2 N–H and O–H groups in total. The molecule has 0 radical (unpaired) electrons. The van der Waals surface area contributed by atoms with Crippen LogP contribution in [-0.4, -0.2) is 35.2 Å². The van der Waals surface area contributed by atoms with E-state index in [2.05, 4.69) is 32.5 Å². The highest BCUT2D eigenvalue weighted by Gasteiger charge is 2.26. The van der Waals surface area contributed by atoms with Gasteiger partial charge in [-0.05, 0) is 23.8 Å². The van der Waals surface area contributed by atoms with Gasteiger partial charge in [0.05, 0.1) is 19.9 Å². The lowest BCUT2D eigenvalue weighted by Crippen LogP contribution is -2.18. The molecule has 1 aromatic heterocycles. The molecule has 0 atom stereocenters. The molecule has 2 heterocycles. The molecule has 4 rings (SSSR count). The van der Waals surface area contributed by atoms with Crippen molar-refractivity contribution in [3.63, 3.8) is 0 Å². The van der Waals surface area contributed by atoms with Crippen LogP contribution in [0.1, 0.15) is 27.2 Å². The molecule has 0 fully saturated rings. The fraction of sp³-hybridized carbons (Fsp3) is 0.238. The number of aromatic amines is 1. The van der Waals surface area contributed by atoms with E-state index in [1.54, 1.807) is 32.4 Å². The van der Waals surface area contributed by atoms with Crippen LogP contribution in [-0.2, 0) is 19.6 Å². The molecule has 0 saturated heterocycles. The largest absolute Gasteiger partial charge is 0.493 e. The fourth-order valence-electron chi connectivity index (χ4n) is 3.42. The topological polar surface area (TPSA) is 79.5 Å². The van der Waals surface area contributed by atoms with Crippen LogP contribution in [0.4, 0.5) is 5.82 Å². The third kappa shape index (κ3) is 3.57. The third-order valence-electron chi connectivity index (χ3n) is 4.84. The summed E-state index contributed by atoms with van der Waals surface area (Å²) in [6.45, 7) is 2.37. The molecule has 7 nitrogen and oxygen atoms in total. The van der Waals surface area contributed by atoms with E-state index < -0.39 is 0 Å². The smallest absolute Gasteiger partial charge is 0.257 e. The van der Waals surface area contributed by atoms with Crippen LogP contribution in [0.3, 0.4) is 0 Å². The Morgan fingerprint density at radius 2 is 1.89 bits per heavy atom. The maximum Gasteiger partial charge on any atom is 0.257 e. The number of hydrogen-bond acceptors (Lipinski definition) is 5. The first-order valence-corrected chi connectivity index (χ1v) is 9.03. The van der Waals surface area contributed by atoms with Crippen molar-refractivity contribution in [2.24, 2.45) is 0 Å². The summed E-state index contributed by atoms with van der Waals surface area (Å²) in [4.78, 5) is 15.0. The zero-order chi connectivity index (χ0) is 19.5. The Balaban J connectivity index is 1.46. The van der Waals surface area contributed by atoms with Crippen LogP contribution in [0, 0.1) is 0 Å². The molecule has 28 heavy (non-hydrogen) atoms. The highest BCUT2D eigenvalue weighted by molar-refractivity contribution is 6.04. The predicted octanol–water partition coefficient (Wildman–Crippen LogP) is 3.20. The van der Waals surface area contributed by atoms with E-state index in [1.807, 2.05) is 18.2 Å². The lowest BCUT2D eigenvalue weighted by atomic mass is 10.2. The Morgan fingerprint density at radius 1 is 1.11 bits per heavy atom. The maximum atomic E-state index is 12.7. The van der Waals surface area contributed by atoms with Gasteiger partial charge in [-0.15, -0.1) is 0 Å². The normalized spacial score (nSPS) is 13.2. The number of rotatable bonds is 6. The minimum absolute atomic E-state index is 0.239. The number of amides is 1. The lowest BCUT2D eigenvalue weighted by molar-refractivity contribution is 0.102. The summed E-state index contributed by atoms with van der Waals surface area (Å²) < 4.78 is 10.5. The van der Waals surface area contributed by atoms with E-state index in [0.29, 0.717) is 22.9 Å². The minimum atomic E-state index is -0.239. The predicted molar refractivity (Wildman–Crippen MR) is 105 cm³/mol. The summed E-state index contributed by atoms with van der Waals surface area (Å²) in [5.74, 6) is 1.43. The molecule has 7 heteroatoms. The molecule has 0 unspecified atom stereocenters. The molecule has 1 aliphatic rings. The van der Waals surface area contributed by atoms with Gasteiger partial charge >= 0.3 is 0 Å².